The number of methoxy groups -OCH3 is 1. The van der Waals surface area contributed by atoms with Gasteiger partial charge in [-0.05, 0) is 42.6 Å². The Hall–Kier alpha value is -1.55. The highest BCUT2D eigenvalue weighted by Crippen LogP contribution is 2.29. The smallest absolute Gasteiger partial charge is 0.224 e. The molecular formula is C14H22N2O2. The van der Waals surface area contributed by atoms with Crippen LogP contribution in [0.4, 0.5) is 5.69 Å². The monoisotopic (exact) mass is 250 g/mol. The standard InChI is InChI=1S/C14H22N2O2/c1-10(2)12-9-11(6-7-13(12)18-3)16-14(17)5-4-8-15/h6-7,9-10H,4-5,8,15H2,1-3H3,(H,16,17). The van der Waals surface area contributed by atoms with Crippen LogP contribution in [0.5, 0.6) is 5.75 Å². The molecule has 0 aliphatic heterocycles. The molecule has 0 saturated carbocycles. The van der Waals surface area contributed by atoms with Crippen molar-refractivity contribution in [2.24, 2.45) is 5.73 Å². The maximum absolute atomic E-state index is 11.6. The highest BCUT2D eigenvalue weighted by atomic mass is 16.5. The molecule has 3 N–H and O–H groups in total. The second-order valence-electron chi connectivity index (χ2n) is 4.55. The number of carbonyl (C=O) groups excluding carboxylic acids is 1. The number of hydrogen-bond acceptors (Lipinski definition) is 3. The van der Waals surface area contributed by atoms with Crippen LogP contribution in [-0.4, -0.2) is 19.6 Å². The van der Waals surface area contributed by atoms with Crippen LogP contribution in [0.15, 0.2) is 18.2 Å². The molecule has 0 saturated heterocycles. The molecule has 0 bridgehead atoms. The van der Waals surface area contributed by atoms with Crippen molar-refractivity contribution < 1.29 is 9.53 Å². The van der Waals surface area contributed by atoms with Gasteiger partial charge in [0.25, 0.3) is 0 Å². The van der Waals surface area contributed by atoms with Crippen LogP contribution in [0.3, 0.4) is 0 Å². The van der Waals surface area contributed by atoms with Crippen LogP contribution in [0, 0.1) is 0 Å². The van der Waals surface area contributed by atoms with Crippen molar-refractivity contribution in [1.82, 2.24) is 0 Å². The number of carbonyl (C=O) groups is 1. The summed E-state index contributed by atoms with van der Waals surface area (Å²) in [4.78, 5) is 11.6. The molecule has 0 unspecified atom stereocenters. The van der Waals surface area contributed by atoms with Crippen molar-refractivity contribution in [3.63, 3.8) is 0 Å². The number of ether oxygens (including phenoxy) is 1. The molecular weight excluding hydrogens is 228 g/mol. The van der Waals surface area contributed by atoms with Gasteiger partial charge in [-0.25, -0.2) is 0 Å². The molecule has 0 spiro atoms. The number of nitrogens with one attached hydrogen (secondary N) is 1. The van der Waals surface area contributed by atoms with Gasteiger partial charge >= 0.3 is 0 Å². The summed E-state index contributed by atoms with van der Waals surface area (Å²) < 4.78 is 5.30. The van der Waals surface area contributed by atoms with E-state index < -0.39 is 0 Å². The van der Waals surface area contributed by atoms with E-state index in [1.165, 1.54) is 0 Å². The number of amides is 1. The van der Waals surface area contributed by atoms with Crippen molar-refractivity contribution in [3.05, 3.63) is 23.8 Å². The van der Waals surface area contributed by atoms with E-state index in [1.54, 1.807) is 7.11 Å². The molecule has 100 valence electrons. The number of rotatable bonds is 6. The SMILES string of the molecule is COc1ccc(NC(=O)CCCN)cc1C(C)C. The molecule has 0 fully saturated rings. The third-order valence-electron chi connectivity index (χ3n) is 2.74. The van der Waals surface area contributed by atoms with E-state index in [1.807, 2.05) is 18.2 Å². The quantitative estimate of drug-likeness (QED) is 0.815. The average Bonchev–Trinajstić information content (AvgIpc) is 2.36. The fourth-order valence-corrected chi connectivity index (χ4v) is 1.75. The highest BCUT2D eigenvalue weighted by molar-refractivity contribution is 5.90. The molecule has 1 aromatic carbocycles. The summed E-state index contributed by atoms with van der Waals surface area (Å²) in [5.41, 5.74) is 7.27. The van der Waals surface area contributed by atoms with E-state index in [9.17, 15) is 4.79 Å². The molecule has 0 aromatic heterocycles. The number of anilines is 1. The molecule has 1 rings (SSSR count). The summed E-state index contributed by atoms with van der Waals surface area (Å²) in [7, 11) is 1.65. The van der Waals surface area contributed by atoms with Crippen LogP contribution in [-0.2, 0) is 4.79 Å². The molecule has 18 heavy (non-hydrogen) atoms. The number of benzene rings is 1. The van der Waals surface area contributed by atoms with Gasteiger partial charge in [-0.15, -0.1) is 0 Å². The molecule has 1 aromatic rings. The maximum Gasteiger partial charge on any atom is 0.224 e. The Kier molecular flexibility index (Phi) is 5.65. The second kappa shape index (κ2) is 7.01. The Morgan fingerprint density at radius 3 is 2.72 bits per heavy atom. The van der Waals surface area contributed by atoms with Crippen molar-refractivity contribution in [3.8, 4) is 5.75 Å². The molecule has 4 nitrogen and oxygen atoms in total. The zero-order chi connectivity index (χ0) is 13.5. The predicted octanol–water partition coefficient (Wildman–Crippen LogP) is 2.50. The lowest BCUT2D eigenvalue weighted by atomic mass is 10.0. The molecule has 1 amide bonds. The summed E-state index contributed by atoms with van der Waals surface area (Å²) in [6.07, 6.45) is 1.17. The van der Waals surface area contributed by atoms with Gasteiger partial charge in [0, 0.05) is 12.1 Å². The minimum Gasteiger partial charge on any atom is -0.496 e. The van der Waals surface area contributed by atoms with Crippen LogP contribution in [0.25, 0.3) is 0 Å². The maximum atomic E-state index is 11.6. The first-order valence-corrected chi connectivity index (χ1v) is 6.26. The Morgan fingerprint density at radius 2 is 2.17 bits per heavy atom. The van der Waals surface area contributed by atoms with Gasteiger partial charge in [0.2, 0.25) is 5.91 Å². The van der Waals surface area contributed by atoms with Gasteiger partial charge in [0.1, 0.15) is 5.75 Å². The van der Waals surface area contributed by atoms with Crippen molar-refractivity contribution in [2.45, 2.75) is 32.6 Å². The zero-order valence-electron chi connectivity index (χ0n) is 11.3. The zero-order valence-corrected chi connectivity index (χ0v) is 11.3. The summed E-state index contributed by atoms with van der Waals surface area (Å²) >= 11 is 0. The molecule has 0 radical (unpaired) electrons. The third-order valence-corrected chi connectivity index (χ3v) is 2.74. The Balaban J connectivity index is 2.78. The van der Waals surface area contributed by atoms with Gasteiger partial charge < -0.3 is 15.8 Å². The van der Waals surface area contributed by atoms with Gasteiger partial charge in [-0.3, -0.25) is 4.79 Å². The lowest BCUT2D eigenvalue weighted by molar-refractivity contribution is -0.116. The van der Waals surface area contributed by atoms with Crippen molar-refractivity contribution >= 4 is 11.6 Å². The fourth-order valence-electron chi connectivity index (χ4n) is 1.75. The lowest BCUT2D eigenvalue weighted by Crippen LogP contribution is -2.13. The molecule has 0 heterocycles. The Morgan fingerprint density at radius 1 is 1.44 bits per heavy atom. The largest absolute Gasteiger partial charge is 0.496 e. The van der Waals surface area contributed by atoms with E-state index in [0.717, 1.165) is 17.0 Å². The van der Waals surface area contributed by atoms with Crippen LogP contribution < -0.4 is 15.8 Å². The summed E-state index contributed by atoms with van der Waals surface area (Å²) in [6, 6.07) is 5.70. The third kappa shape index (κ3) is 4.04. The number of hydrogen-bond donors (Lipinski definition) is 2. The van der Waals surface area contributed by atoms with E-state index >= 15 is 0 Å². The van der Waals surface area contributed by atoms with E-state index in [4.69, 9.17) is 10.5 Å². The van der Waals surface area contributed by atoms with Gasteiger partial charge in [0.15, 0.2) is 0 Å². The van der Waals surface area contributed by atoms with Crippen LogP contribution in [0.1, 0.15) is 38.2 Å². The average molecular weight is 250 g/mol. The first kappa shape index (κ1) is 14.5. The highest BCUT2D eigenvalue weighted by Gasteiger charge is 2.09. The summed E-state index contributed by atoms with van der Waals surface area (Å²) in [5, 5.41) is 2.87. The first-order chi connectivity index (χ1) is 8.58. The topological polar surface area (TPSA) is 64.3 Å². The first-order valence-electron chi connectivity index (χ1n) is 6.26. The second-order valence-corrected chi connectivity index (χ2v) is 4.55. The lowest BCUT2D eigenvalue weighted by Gasteiger charge is -2.14. The Labute approximate surface area is 109 Å². The minimum absolute atomic E-state index is 0.000299. The molecule has 0 aliphatic rings. The van der Waals surface area contributed by atoms with Crippen molar-refractivity contribution in [1.29, 1.82) is 0 Å². The minimum atomic E-state index is 0.000299. The van der Waals surface area contributed by atoms with E-state index in [2.05, 4.69) is 19.2 Å². The van der Waals surface area contributed by atoms with Crippen LogP contribution >= 0.6 is 0 Å². The normalized spacial score (nSPS) is 10.5. The number of nitrogens with two attached hydrogens (primary N) is 1. The van der Waals surface area contributed by atoms with E-state index in [-0.39, 0.29) is 5.91 Å². The van der Waals surface area contributed by atoms with Gasteiger partial charge in [0.05, 0.1) is 7.11 Å². The molecule has 4 heteroatoms. The van der Waals surface area contributed by atoms with Crippen molar-refractivity contribution in [2.75, 3.05) is 19.0 Å². The summed E-state index contributed by atoms with van der Waals surface area (Å²) in [5.74, 6) is 1.20. The molecule has 0 atom stereocenters. The summed E-state index contributed by atoms with van der Waals surface area (Å²) in [6.45, 7) is 4.73. The van der Waals surface area contributed by atoms with Gasteiger partial charge in [-0.2, -0.15) is 0 Å². The fraction of sp³-hybridized carbons (Fsp3) is 0.500. The van der Waals surface area contributed by atoms with Crippen LogP contribution in [0.2, 0.25) is 0 Å². The van der Waals surface area contributed by atoms with Gasteiger partial charge in [-0.1, -0.05) is 13.8 Å². The van der Waals surface area contributed by atoms with E-state index in [0.29, 0.717) is 25.3 Å². The molecule has 0 aliphatic carbocycles. The predicted molar refractivity (Wildman–Crippen MR) is 74.0 cm³/mol. The Bertz CT molecular complexity index is 403.